The molecule has 152 valence electrons. The summed E-state index contributed by atoms with van der Waals surface area (Å²) in [6.07, 6.45) is 5.33. The van der Waals surface area contributed by atoms with Crippen LogP contribution in [0.3, 0.4) is 0 Å². The number of amides is 1. The van der Waals surface area contributed by atoms with Crippen molar-refractivity contribution >= 4 is 16.8 Å². The Morgan fingerprint density at radius 1 is 1.13 bits per heavy atom. The largest absolute Gasteiger partial charge is 0.497 e. The molecule has 0 bridgehead atoms. The first-order valence-corrected chi connectivity index (χ1v) is 9.70. The van der Waals surface area contributed by atoms with Gasteiger partial charge in [0.15, 0.2) is 0 Å². The average molecular weight is 403 g/mol. The standard InChI is InChI=1S/C24H22FN3O2/c1-30-17-6-7-23-20(12-17)21(15-27-23)19(18-4-2-3-5-22(18)25)13-24(29)28-14-16-8-10-26-11-9-16/h2-12,15,19,27H,13-14H2,1H3,(H,28,29). The molecule has 0 saturated heterocycles. The minimum atomic E-state index is -0.440. The molecule has 0 aliphatic rings. The highest BCUT2D eigenvalue weighted by Gasteiger charge is 2.24. The van der Waals surface area contributed by atoms with Crippen LogP contribution in [0.4, 0.5) is 4.39 Å². The van der Waals surface area contributed by atoms with Crippen molar-refractivity contribution in [2.24, 2.45) is 0 Å². The topological polar surface area (TPSA) is 67.0 Å². The van der Waals surface area contributed by atoms with Gasteiger partial charge in [0, 0.05) is 48.4 Å². The van der Waals surface area contributed by atoms with Crippen molar-refractivity contribution in [2.75, 3.05) is 7.11 Å². The molecule has 0 aliphatic carbocycles. The van der Waals surface area contributed by atoms with E-state index in [4.69, 9.17) is 4.74 Å². The Kier molecular flexibility index (Phi) is 5.75. The Morgan fingerprint density at radius 2 is 1.93 bits per heavy atom. The number of aromatic nitrogens is 2. The van der Waals surface area contributed by atoms with Gasteiger partial charge in [-0.1, -0.05) is 18.2 Å². The second kappa shape index (κ2) is 8.78. The molecule has 0 saturated carbocycles. The van der Waals surface area contributed by atoms with E-state index in [1.54, 1.807) is 37.7 Å². The fourth-order valence-electron chi connectivity index (χ4n) is 3.64. The predicted molar refractivity (Wildman–Crippen MR) is 114 cm³/mol. The normalized spacial score (nSPS) is 11.9. The van der Waals surface area contributed by atoms with Crippen molar-refractivity contribution in [3.63, 3.8) is 0 Å². The highest BCUT2D eigenvalue weighted by Crippen LogP contribution is 2.36. The monoisotopic (exact) mass is 403 g/mol. The summed E-state index contributed by atoms with van der Waals surface area (Å²) in [7, 11) is 1.61. The molecule has 1 atom stereocenters. The van der Waals surface area contributed by atoms with Gasteiger partial charge in [-0.15, -0.1) is 0 Å². The molecule has 0 fully saturated rings. The molecule has 2 heterocycles. The molecule has 30 heavy (non-hydrogen) atoms. The fourth-order valence-corrected chi connectivity index (χ4v) is 3.64. The molecule has 4 rings (SSSR count). The molecule has 2 aromatic carbocycles. The number of aromatic amines is 1. The third-order valence-corrected chi connectivity index (χ3v) is 5.21. The van der Waals surface area contributed by atoms with Crippen LogP contribution in [0, 0.1) is 5.82 Å². The van der Waals surface area contributed by atoms with Crippen LogP contribution < -0.4 is 10.1 Å². The molecule has 1 amide bonds. The lowest BCUT2D eigenvalue weighted by Crippen LogP contribution is -2.25. The number of carbonyl (C=O) groups is 1. The molecule has 0 aliphatic heterocycles. The van der Waals surface area contributed by atoms with Gasteiger partial charge >= 0.3 is 0 Å². The average Bonchev–Trinajstić information content (AvgIpc) is 3.20. The molecule has 2 N–H and O–H groups in total. The molecular formula is C24H22FN3O2. The number of methoxy groups -OCH3 is 1. The molecule has 2 aromatic heterocycles. The van der Waals surface area contributed by atoms with Crippen LogP contribution in [0.2, 0.25) is 0 Å². The van der Waals surface area contributed by atoms with E-state index in [9.17, 15) is 9.18 Å². The zero-order valence-corrected chi connectivity index (χ0v) is 16.6. The van der Waals surface area contributed by atoms with Crippen LogP contribution in [0.25, 0.3) is 10.9 Å². The van der Waals surface area contributed by atoms with Gasteiger partial charge in [0.2, 0.25) is 5.91 Å². The van der Waals surface area contributed by atoms with Crippen LogP contribution >= 0.6 is 0 Å². The van der Waals surface area contributed by atoms with Gasteiger partial charge in [0.1, 0.15) is 11.6 Å². The Balaban J connectivity index is 1.66. The van der Waals surface area contributed by atoms with Crippen LogP contribution in [0.5, 0.6) is 5.75 Å². The number of rotatable bonds is 7. The number of halogens is 1. The first-order valence-electron chi connectivity index (χ1n) is 9.70. The number of pyridine rings is 1. The van der Waals surface area contributed by atoms with Gasteiger partial charge in [0.25, 0.3) is 0 Å². The quantitative estimate of drug-likeness (QED) is 0.476. The number of fused-ring (bicyclic) bond motifs is 1. The maximum Gasteiger partial charge on any atom is 0.221 e. The van der Waals surface area contributed by atoms with Gasteiger partial charge in [-0.25, -0.2) is 4.39 Å². The number of hydrogen-bond donors (Lipinski definition) is 2. The van der Waals surface area contributed by atoms with E-state index >= 15 is 0 Å². The minimum absolute atomic E-state index is 0.121. The predicted octanol–water partition coefficient (Wildman–Crippen LogP) is 4.55. The Hall–Kier alpha value is -3.67. The highest BCUT2D eigenvalue weighted by molar-refractivity contribution is 5.87. The number of ether oxygens (including phenoxy) is 1. The summed E-state index contributed by atoms with van der Waals surface area (Å²) in [6, 6.07) is 16.0. The fraction of sp³-hybridized carbons (Fsp3) is 0.167. The first-order chi connectivity index (χ1) is 14.7. The summed E-state index contributed by atoms with van der Waals surface area (Å²) in [5.74, 6) is -0.221. The molecule has 6 heteroatoms. The maximum atomic E-state index is 14.7. The Morgan fingerprint density at radius 3 is 2.70 bits per heavy atom. The lowest BCUT2D eigenvalue weighted by Gasteiger charge is -2.18. The first kappa shape index (κ1) is 19.6. The van der Waals surface area contributed by atoms with Gasteiger partial charge in [-0.05, 0) is 53.1 Å². The molecular weight excluding hydrogens is 381 g/mol. The number of benzene rings is 2. The van der Waals surface area contributed by atoms with Crippen molar-refractivity contribution in [3.05, 3.63) is 95.7 Å². The van der Waals surface area contributed by atoms with Gasteiger partial charge in [-0.3, -0.25) is 9.78 Å². The summed E-state index contributed by atoms with van der Waals surface area (Å²) in [4.78, 5) is 20.0. The summed E-state index contributed by atoms with van der Waals surface area (Å²) in [5.41, 5.74) is 3.20. The number of nitrogens with one attached hydrogen (secondary N) is 2. The lowest BCUT2D eigenvalue weighted by molar-refractivity contribution is -0.121. The third-order valence-electron chi connectivity index (χ3n) is 5.21. The van der Waals surface area contributed by atoms with E-state index < -0.39 is 5.92 Å². The number of H-pyrrole nitrogens is 1. The van der Waals surface area contributed by atoms with Crippen molar-refractivity contribution in [1.82, 2.24) is 15.3 Å². The lowest BCUT2D eigenvalue weighted by atomic mass is 9.87. The van der Waals surface area contributed by atoms with Crippen LogP contribution in [0.1, 0.15) is 29.0 Å². The smallest absolute Gasteiger partial charge is 0.221 e. The van der Waals surface area contributed by atoms with Crippen molar-refractivity contribution in [1.29, 1.82) is 0 Å². The van der Waals surface area contributed by atoms with E-state index in [2.05, 4.69) is 15.3 Å². The molecule has 4 aromatic rings. The summed E-state index contributed by atoms with van der Waals surface area (Å²) >= 11 is 0. The SMILES string of the molecule is COc1ccc2[nH]cc(C(CC(=O)NCc3ccncc3)c3ccccc3F)c2c1. The van der Waals surface area contributed by atoms with E-state index in [0.717, 1.165) is 22.0 Å². The summed E-state index contributed by atoms with van der Waals surface area (Å²) < 4.78 is 20.1. The highest BCUT2D eigenvalue weighted by atomic mass is 19.1. The van der Waals surface area contributed by atoms with Gasteiger partial charge in [-0.2, -0.15) is 0 Å². The van der Waals surface area contributed by atoms with Crippen LogP contribution in [-0.2, 0) is 11.3 Å². The second-order valence-electron chi connectivity index (χ2n) is 7.07. The molecule has 1 unspecified atom stereocenters. The number of carbonyl (C=O) groups excluding carboxylic acids is 1. The van der Waals surface area contributed by atoms with E-state index in [1.807, 2.05) is 36.5 Å². The molecule has 5 nitrogen and oxygen atoms in total. The van der Waals surface area contributed by atoms with Crippen LogP contribution in [0.15, 0.2) is 73.2 Å². The zero-order valence-electron chi connectivity index (χ0n) is 16.6. The van der Waals surface area contributed by atoms with Gasteiger partial charge < -0.3 is 15.0 Å². The van der Waals surface area contributed by atoms with E-state index in [1.165, 1.54) is 6.07 Å². The van der Waals surface area contributed by atoms with Crippen molar-refractivity contribution in [2.45, 2.75) is 18.9 Å². The summed E-state index contributed by atoms with van der Waals surface area (Å²) in [6.45, 7) is 0.396. The number of nitrogens with zero attached hydrogens (tertiary/aromatic N) is 1. The Bertz CT molecular complexity index is 1160. The third kappa shape index (κ3) is 4.17. The summed E-state index contributed by atoms with van der Waals surface area (Å²) in [5, 5.41) is 3.83. The zero-order chi connectivity index (χ0) is 20.9. The van der Waals surface area contributed by atoms with Crippen molar-refractivity contribution in [3.8, 4) is 5.75 Å². The van der Waals surface area contributed by atoms with Gasteiger partial charge in [0.05, 0.1) is 7.11 Å². The maximum absolute atomic E-state index is 14.7. The second-order valence-corrected chi connectivity index (χ2v) is 7.07. The number of hydrogen-bond acceptors (Lipinski definition) is 3. The van der Waals surface area contributed by atoms with Crippen LogP contribution in [-0.4, -0.2) is 23.0 Å². The molecule has 0 spiro atoms. The van der Waals surface area contributed by atoms with E-state index in [0.29, 0.717) is 17.9 Å². The Labute approximate surface area is 173 Å². The van der Waals surface area contributed by atoms with Crippen molar-refractivity contribution < 1.29 is 13.9 Å². The van der Waals surface area contributed by atoms with E-state index in [-0.39, 0.29) is 18.1 Å². The molecule has 0 radical (unpaired) electrons. The minimum Gasteiger partial charge on any atom is -0.497 e.